The van der Waals surface area contributed by atoms with Crippen LogP contribution in [0.3, 0.4) is 0 Å². The van der Waals surface area contributed by atoms with Crippen molar-refractivity contribution < 1.29 is 4.39 Å². The van der Waals surface area contributed by atoms with Gasteiger partial charge in [-0.15, -0.1) is 0 Å². The van der Waals surface area contributed by atoms with Crippen molar-refractivity contribution in [2.45, 2.75) is 44.3 Å². The van der Waals surface area contributed by atoms with Gasteiger partial charge < -0.3 is 11.1 Å². The van der Waals surface area contributed by atoms with E-state index < -0.39 is 0 Å². The normalized spacial score (nSPS) is 25.6. The third kappa shape index (κ3) is 2.80. The van der Waals surface area contributed by atoms with Crippen molar-refractivity contribution >= 4 is 0 Å². The zero-order chi connectivity index (χ0) is 11.4. The highest BCUT2D eigenvalue weighted by Crippen LogP contribution is 2.17. The summed E-state index contributed by atoms with van der Waals surface area (Å²) in [5, 5.41) is 3.36. The van der Waals surface area contributed by atoms with Gasteiger partial charge in [-0.05, 0) is 18.9 Å². The maximum Gasteiger partial charge on any atom is 0.127 e. The van der Waals surface area contributed by atoms with Crippen molar-refractivity contribution in [2.24, 2.45) is 5.73 Å². The molecule has 1 saturated carbocycles. The first kappa shape index (κ1) is 11.6. The van der Waals surface area contributed by atoms with Crippen LogP contribution in [0.15, 0.2) is 24.3 Å². The SMILES string of the molecule is N[C@@H]1CCCC[C@@H]1NCc1ccccc1F. The molecule has 1 fully saturated rings. The Hall–Kier alpha value is -0.930. The van der Waals surface area contributed by atoms with Gasteiger partial charge in [-0.2, -0.15) is 0 Å². The van der Waals surface area contributed by atoms with E-state index in [1.54, 1.807) is 6.07 Å². The van der Waals surface area contributed by atoms with Crippen molar-refractivity contribution in [2.75, 3.05) is 0 Å². The minimum absolute atomic E-state index is 0.139. The number of hydrogen-bond acceptors (Lipinski definition) is 2. The summed E-state index contributed by atoms with van der Waals surface area (Å²) >= 11 is 0. The molecule has 1 aliphatic rings. The van der Waals surface area contributed by atoms with Gasteiger partial charge in [0.25, 0.3) is 0 Å². The minimum Gasteiger partial charge on any atom is -0.326 e. The van der Waals surface area contributed by atoms with Gasteiger partial charge in [-0.1, -0.05) is 31.0 Å². The zero-order valence-electron chi connectivity index (χ0n) is 9.45. The Morgan fingerprint density at radius 1 is 1.25 bits per heavy atom. The fourth-order valence-corrected chi connectivity index (χ4v) is 2.30. The summed E-state index contributed by atoms with van der Waals surface area (Å²) in [6, 6.07) is 7.45. The van der Waals surface area contributed by atoms with Gasteiger partial charge in [0.2, 0.25) is 0 Å². The molecule has 88 valence electrons. The topological polar surface area (TPSA) is 38.0 Å². The predicted octanol–water partition coefficient (Wildman–Crippen LogP) is 2.19. The first-order chi connectivity index (χ1) is 7.77. The Balaban J connectivity index is 1.89. The predicted molar refractivity (Wildman–Crippen MR) is 63.5 cm³/mol. The van der Waals surface area contributed by atoms with E-state index in [2.05, 4.69) is 5.32 Å². The Bertz CT molecular complexity index is 340. The van der Waals surface area contributed by atoms with Crippen LogP contribution < -0.4 is 11.1 Å². The van der Waals surface area contributed by atoms with Crippen LogP contribution in [0.2, 0.25) is 0 Å². The second-order valence-corrected chi connectivity index (χ2v) is 4.53. The van der Waals surface area contributed by atoms with Crippen LogP contribution >= 0.6 is 0 Å². The maximum absolute atomic E-state index is 13.4. The molecule has 1 aromatic rings. The quantitative estimate of drug-likeness (QED) is 0.822. The van der Waals surface area contributed by atoms with Gasteiger partial charge in [0.1, 0.15) is 5.82 Å². The second kappa shape index (κ2) is 5.41. The standard InChI is InChI=1S/C13H19FN2/c14-11-6-2-1-5-10(11)9-16-13-8-4-3-7-12(13)15/h1-2,5-6,12-13,16H,3-4,7-9,15H2/t12-,13+/m1/s1. The number of nitrogens with two attached hydrogens (primary N) is 1. The summed E-state index contributed by atoms with van der Waals surface area (Å²) in [4.78, 5) is 0. The molecule has 0 aliphatic heterocycles. The molecule has 0 saturated heterocycles. The summed E-state index contributed by atoms with van der Waals surface area (Å²) in [5.41, 5.74) is 6.75. The van der Waals surface area contributed by atoms with E-state index >= 15 is 0 Å². The average molecular weight is 222 g/mol. The minimum atomic E-state index is -0.139. The first-order valence-corrected chi connectivity index (χ1v) is 6.00. The van der Waals surface area contributed by atoms with E-state index in [-0.39, 0.29) is 11.9 Å². The lowest BCUT2D eigenvalue weighted by Crippen LogP contribution is -2.46. The van der Waals surface area contributed by atoms with Crippen molar-refractivity contribution in [3.8, 4) is 0 Å². The van der Waals surface area contributed by atoms with Crippen LogP contribution in [0.4, 0.5) is 4.39 Å². The van der Waals surface area contributed by atoms with E-state index in [1.165, 1.54) is 18.9 Å². The van der Waals surface area contributed by atoms with E-state index in [1.807, 2.05) is 12.1 Å². The molecule has 3 N–H and O–H groups in total. The first-order valence-electron chi connectivity index (χ1n) is 6.00. The molecule has 2 atom stereocenters. The van der Waals surface area contributed by atoms with E-state index in [0.717, 1.165) is 18.4 Å². The number of halogens is 1. The molecular formula is C13H19FN2. The number of hydrogen-bond donors (Lipinski definition) is 2. The molecule has 3 heteroatoms. The van der Waals surface area contributed by atoms with Crippen LogP contribution in [-0.2, 0) is 6.54 Å². The Morgan fingerprint density at radius 3 is 2.75 bits per heavy atom. The smallest absolute Gasteiger partial charge is 0.127 e. The van der Waals surface area contributed by atoms with Crippen molar-refractivity contribution in [1.82, 2.24) is 5.32 Å². The molecule has 0 spiro atoms. The Morgan fingerprint density at radius 2 is 2.00 bits per heavy atom. The van der Waals surface area contributed by atoms with E-state index in [4.69, 9.17) is 5.73 Å². The van der Waals surface area contributed by atoms with Gasteiger partial charge in [-0.3, -0.25) is 0 Å². The zero-order valence-corrected chi connectivity index (χ0v) is 9.45. The van der Waals surface area contributed by atoms with Crippen molar-refractivity contribution in [3.05, 3.63) is 35.6 Å². The Labute approximate surface area is 96.0 Å². The largest absolute Gasteiger partial charge is 0.326 e. The summed E-state index contributed by atoms with van der Waals surface area (Å²) < 4.78 is 13.4. The highest BCUT2D eigenvalue weighted by atomic mass is 19.1. The van der Waals surface area contributed by atoms with Gasteiger partial charge in [-0.25, -0.2) is 4.39 Å². The fraction of sp³-hybridized carbons (Fsp3) is 0.538. The van der Waals surface area contributed by atoms with Crippen LogP contribution in [0.5, 0.6) is 0 Å². The van der Waals surface area contributed by atoms with Crippen molar-refractivity contribution in [3.63, 3.8) is 0 Å². The fourth-order valence-electron chi connectivity index (χ4n) is 2.30. The number of benzene rings is 1. The second-order valence-electron chi connectivity index (χ2n) is 4.53. The molecule has 0 heterocycles. The summed E-state index contributed by atoms with van der Waals surface area (Å²) in [6.45, 7) is 0.574. The molecule has 0 radical (unpaired) electrons. The highest BCUT2D eigenvalue weighted by molar-refractivity contribution is 5.17. The molecule has 0 aromatic heterocycles. The summed E-state index contributed by atoms with van der Waals surface area (Å²) in [6.07, 6.45) is 4.63. The molecule has 1 aliphatic carbocycles. The molecule has 0 bridgehead atoms. The molecule has 2 rings (SSSR count). The van der Waals surface area contributed by atoms with Crippen molar-refractivity contribution in [1.29, 1.82) is 0 Å². The molecule has 2 nitrogen and oxygen atoms in total. The van der Waals surface area contributed by atoms with Crippen LogP contribution in [-0.4, -0.2) is 12.1 Å². The van der Waals surface area contributed by atoms with E-state index in [9.17, 15) is 4.39 Å². The van der Waals surface area contributed by atoms with Gasteiger partial charge in [0.05, 0.1) is 0 Å². The highest BCUT2D eigenvalue weighted by Gasteiger charge is 2.21. The lowest BCUT2D eigenvalue weighted by Gasteiger charge is -2.29. The molecule has 0 unspecified atom stereocenters. The third-order valence-corrected chi connectivity index (χ3v) is 3.33. The summed E-state index contributed by atoms with van der Waals surface area (Å²) in [7, 11) is 0. The number of nitrogens with one attached hydrogen (secondary N) is 1. The van der Waals surface area contributed by atoms with Crippen LogP contribution in [0, 0.1) is 5.82 Å². The van der Waals surface area contributed by atoms with Gasteiger partial charge >= 0.3 is 0 Å². The van der Waals surface area contributed by atoms with Gasteiger partial charge in [0.15, 0.2) is 0 Å². The van der Waals surface area contributed by atoms with Gasteiger partial charge in [0, 0.05) is 24.2 Å². The van der Waals surface area contributed by atoms with Crippen LogP contribution in [0.1, 0.15) is 31.2 Å². The van der Waals surface area contributed by atoms with Crippen LogP contribution in [0.25, 0.3) is 0 Å². The van der Waals surface area contributed by atoms with E-state index in [0.29, 0.717) is 12.6 Å². The third-order valence-electron chi connectivity index (χ3n) is 3.33. The average Bonchev–Trinajstić information content (AvgIpc) is 2.30. The summed E-state index contributed by atoms with van der Waals surface area (Å²) in [5.74, 6) is -0.139. The monoisotopic (exact) mass is 222 g/mol. The molecule has 0 amide bonds. The molecular weight excluding hydrogens is 203 g/mol. The molecule has 1 aromatic carbocycles. The Kier molecular flexibility index (Phi) is 3.91. The lowest BCUT2D eigenvalue weighted by molar-refractivity contribution is 0.325. The lowest BCUT2D eigenvalue weighted by atomic mass is 9.91. The maximum atomic E-state index is 13.4. The number of rotatable bonds is 3. The molecule has 16 heavy (non-hydrogen) atoms.